The highest BCUT2D eigenvalue weighted by atomic mass is 16.6. The molecule has 6 N–H and O–H groups in total. The molecule has 9 nitrogen and oxygen atoms in total. The first kappa shape index (κ1) is 18.7. The van der Waals surface area contributed by atoms with Gasteiger partial charge in [0.25, 0.3) is 0 Å². The number of hydrogen-bond donors (Lipinski definition) is 6. The number of aromatic hydroxyl groups is 2. The Morgan fingerprint density at radius 2 is 1.84 bits per heavy atom. The van der Waals surface area contributed by atoms with E-state index in [1.165, 1.54) is 24.3 Å². The summed E-state index contributed by atoms with van der Waals surface area (Å²) < 4.78 is 4.87. The third-order valence-electron chi connectivity index (χ3n) is 4.09. The van der Waals surface area contributed by atoms with E-state index in [-0.39, 0.29) is 24.3 Å². The van der Waals surface area contributed by atoms with E-state index in [1.54, 1.807) is 0 Å². The van der Waals surface area contributed by atoms with Crippen molar-refractivity contribution in [3.63, 3.8) is 0 Å². The zero-order valence-electron chi connectivity index (χ0n) is 13.0. The second-order valence-corrected chi connectivity index (χ2v) is 5.79. The number of carbonyl (C=O) groups is 2. The first-order valence-electron chi connectivity index (χ1n) is 7.39. The highest BCUT2D eigenvalue weighted by Crippen LogP contribution is 2.37. The van der Waals surface area contributed by atoms with Crippen LogP contribution in [0.2, 0.25) is 0 Å². The summed E-state index contributed by atoms with van der Waals surface area (Å²) in [5, 5.41) is 57.5. The fourth-order valence-electron chi connectivity index (χ4n) is 2.59. The van der Waals surface area contributed by atoms with E-state index in [0.29, 0.717) is 5.56 Å². The van der Waals surface area contributed by atoms with Crippen molar-refractivity contribution in [3.05, 3.63) is 29.8 Å². The van der Waals surface area contributed by atoms with E-state index in [4.69, 9.17) is 9.84 Å². The molecule has 0 saturated heterocycles. The van der Waals surface area contributed by atoms with Gasteiger partial charge in [-0.2, -0.15) is 0 Å². The molecular formula is C16H18O9. The molecule has 2 atom stereocenters. The van der Waals surface area contributed by atoms with E-state index in [2.05, 4.69) is 0 Å². The third-order valence-corrected chi connectivity index (χ3v) is 4.09. The number of aliphatic hydroxyl groups is 3. The zero-order valence-corrected chi connectivity index (χ0v) is 13.0. The number of rotatable bonds is 4. The molecule has 0 radical (unpaired) electrons. The smallest absolute Gasteiger partial charge is 0.341 e. The second-order valence-electron chi connectivity index (χ2n) is 5.79. The molecule has 0 aromatic heterocycles. The van der Waals surface area contributed by atoms with Crippen molar-refractivity contribution in [2.24, 2.45) is 0 Å². The summed E-state index contributed by atoms with van der Waals surface area (Å²) in [6, 6.07) is 3.80. The molecule has 0 heterocycles. The Labute approximate surface area is 142 Å². The Balaban J connectivity index is 2.10. The number of hydrogen-bond acceptors (Lipinski definition) is 8. The van der Waals surface area contributed by atoms with Gasteiger partial charge in [0, 0.05) is 6.08 Å². The lowest BCUT2D eigenvalue weighted by Gasteiger charge is -2.44. The van der Waals surface area contributed by atoms with Crippen molar-refractivity contribution in [3.8, 4) is 11.5 Å². The number of phenolic OH excluding ortho intramolecular Hbond substituents is 2. The first-order chi connectivity index (χ1) is 11.6. The van der Waals surface area contributed by atoms with Crippen molar-refractivity contribution in [2.75, 3.05) is 0 Å². The average Bonchev–Trinajstić information content (AvgIpc) is 2.53. The van der Waals surface area contributed by atoms with Crippen LogP contribution in [0.4, 0.5) is 0 Å². The number of carbonyl (C=O) groups excluding carboxylic acids is 1. The van der Waals surface area contributed by atoms with Crippen LogP contribution in [0.1, 0.15) is 24.8 Å². The molecule has 9 heteroatoms. The van der Waals surface area contributed by atoms with Crippen LogP contribution in [-0.2, 0) is 14.3 Å². The van der Waals surface area contributed by atoms with Gasteiger partial charge < -0.3 is 35.4 Å². The van der Waals surface area contributed by atoms with Crippen LogP contribution in [-0.4, -0.2) is 60.1 Å². The highest BCUT2D eigenvalue weighted by molar-refractivity contribution is 5.87. The van der Waals surface area contributed by atoms with E-state index in [9.17, 15) is 35.1 Å². The quantitative estimate of drug-likeness (QED) is 0.184. The van der Waals surface area contributed by atoms with Gasteiger partial charge in [0.2, 0.25) is 11.4 Å². The first-order valence-corrected chi connectivity index (χ1v) is 7.39. The Morgan fingerprint density at radius 3 is 2.44 bits per heavy atom. The Hall–Kier alpha value is -2.62. The fourth-order valence-corrected chi connectivity index (χ4v) is 2.59. The molecule has 136 valence electrons. The van der Waals surface area contributed by atoms with Crippen LogP contribution in [0.3, 0.4) is 0 Å². The Morgan fingerprint density at radius 1 is 1.16 bits per heavy atom. The predicted octanol–water partition coefficient (Wildman–Crippen LogP) is -0.297. The predicted molar refractivity (Wildman–Crippen MR) is 82.3 cm³/mol. The molecule has 0 amide bonds. The number of ether oxygens (including phenoxy) is 1. The minimum Gasteiger partial charge on any atom is -0.504 e. The summed E-state index contributed by atoms with van der Waals surface area (Å²) in [5.41, 5.74) is -2.49. The second kappa shape index (κ2) is 6.71. The number of phenols is 2. The van der Waals surface area contributed by atoms with Crippen molar-refractivity contribution in [1.29, 1.82) is 0 Å². The maximum atomic E-state index is 11.8. The van der Waals surface area contributed by atoms with Crippen molar-refractivity contribution in [1.82, 2.24) is 0 Å². The molecule has 0 bridgehead atoms. The van der Waals surface area contributed by atoms with Crippen LogP contribution in [0.5, 0.6) is 11.5 Å². The number of aliphatic carboxylic acids is 1. The lowest BCUT2D eigenvalue weighted by atomic mass is 9.77. The molecular weight excluding hydrogens is 336 g/mol. The molecule has 1 aromatic rings. The SMILES string of the molecule is O=C(/C=C/c1ccc(O)c(O)c1)OC1CCCC(O)(C(=O)O)C1(O)O. The molecule has 0 aliphatic heterocycles. The number of carboxylic acids is 1. The lowest BCUT2D eigenvalue weighted by Crippen LogP contribution is -2.68. The minimum absolute atomic E-state index is 0.0395. The Kier molecular flexibility index (Phi) is 5.02. The van der Waals surface area contributed by atoms with Crippen molar-refractivity contribution < 1.29 is 45.0 Å². The Bertz CT molecular complexity index is 710. The molecule has 1 saturated carbocycles. The van der Waals surface area contributed by atoms with Crippen LogP contribution in [0, 0.1) is 0 Å². The molecule has 1 aliphatic carbocycles. The standard InChI is InChI=1S/C16H18O9/c17-10-5-3-9(8-11(10)18)4-6-13(19)25-12-2-1-7-15(22,14(20)21)16(12,23)24/h3-6,8,12,17-18,22-24H,1-2,7H2,(H,20,21)/b6-4+. The van der Waals surface area contributed by atoms with Gasteiger partial charge >= 0.3 is 11.9 Å². The molecule has 0 spiro atoms. The maximum Gasteiger partial charge on any atom is 0.341 e. The van der Waals surface area contributed by atoms with Gasteiger partial charge in [-0.25, -0.2) is 9.59 Å². The average molecular weight is 354 g/mol. The van der Waals surface area contributed by atoms with Gasteiger partial charge in [-0.1, -0.05) is 6.07 Å². The van der Waals surface area contributed by atoms with Crippen LogP contribution in [0.15, 0.2) is 24.3 Å². The maximum absolute atomic E-state index is 11.8. The van der Waals surface area contributed by atoms with Gasteiger partial charge in [-0.3, -0.25) is 0 Å². The van der Waals surface area contributed by atoms with E-state index in [0.717, 1.165) is 6.08 Å². The van der Waals surface area contributed by atoms with Crippen molar-refractivity contribution >= 4 is 18.0 Å². The number of esters is 1. The summed E-state index contributed by atoms with van der Waals surface area (Å²) in [6.07, 6.45) is 0.209. The molecule has 2 unspecified atom stereocenters. The number of carboxylic acid groups (broad SMARTS) is 1. The molecule has 1 aromatic carbocycles. The summed E-state index contributed by atoms with van der Waals surface area (Å²) in [5.74, 6) is -6.69. The highest BCUT2D eigenvalue weighted by Gasteiger charge is 2.62. The molecule has 2 rings (SSSR count). The summed E-state index contributed by atoms with van der Waals surface area (Å²) in [6.45, 7) is 0. The van der Waals surface area contributed by atoms with Gasteiger partial charge in [-0.05, 0) is 43.0 Å². The van der Waals surface area contributed by atoms with Gasteiger partial charge in [0.15, 0.2) is 17.6 Å². The third kappa shape index (κ3) is 3.58. The molecule has 1 aliphatic rings. The van der Waals surface area contributed by atoms with Gasteiger partial charge in [0.1, 0.15) is 0 Å². The summed E-state index contributed by atoms with van der Waals surface area (Å²) in [4.78, 5) is 23.0. The van der Waals surface area contributed by atoms with E-state index in [1.807, 2.05) is 0 Å². The van der Waals surface area contributed by atoms with Crippen molar-refractivity contribution in [2.45, 2.75) is 36.8 Å². The fraction of sp³-hybridized carbons (Fsp3) is 0.375. The van der Waals surface area contributed by atoms with Crippen LogP contribution >= 0.6 is 0 Å². The minimum atomic E-state index is -3.14. The summed E-state index contributed by atoms with van der Waals surface area (Å²) >= 11 is 0. The summed E-state index contributed by atoms with van der Waals surface area (Å²) in [7, 11) is 0. The van der Waals surface area contributed by atoms with Gasteiger partial charge in [-0.15, -0.1) is 0 Å². The molecule has 1 fully saturated rings. The zero-order chi connectivity index (χ0) is 18.8. The largest absolute Gasteiger partial charge is 0.504 e. The van der Waals surface area contributed by atoms with Crippen LogP contribution in [0.25, 0.3) is 6.08 Å². The van der Waals surface area contributed by atoms with Crippen LogP contribution < -0.4 is 0 Å². The topological polar surface area (TPSA) is 165 Å². The number of benzene rings is 1. The van der Waals surface area contributed by atoms with Gasteiger partial charge in [0.05, 0.1) is 0 Å². The monoisotopic (exact) mass is 354 g/mol. The van der Waals surface area contributed by atoms with E-state index < -0.39 is 35.9 Å². The lowest BCUT2D eigenvalue weighted by molar-refractivity contribution is -0.324. The normalized spacial score (nSPS) is 25.6. The molecule has 25 heavy (non-hydrogen) atoms. The van der Waals surface area contributed by atoms with E-state index >= 15 is 0 Å².